The summed E-state index contributed by atoms with van der Waals surface area (Å²) < 4.78 is 6.31. The van der Waals surface area contributed by atoms with Gasteiger partial charge in [0.05, 0.1) is 9.98 Å². The Morgan fingerprint density at radius 1 is 1.43 bits per heavy atom. The minimum absolute atomic E-state index is 0.179. The monoisotopic (exact) mass is 271 g/mol. The third-order valence-electron chi connectivity index (χ3n) is 1.48. The maximum atomic E-state index is 9.19. The van der Waals surface area contributed by atoms with Crippen molar-refractivity contribution in [3.8, 4) is 16.7 Å². The predicted octanol–water partition coefficient (Wildman–Crippen LogP) is 3.40. The fraction of sp³-hybridized carbons (Fsp3) is 0. The van der Waals surface area contributed by atoms with E-state index < -0.39 is 0 Å². The van der Waals surface area contributed by atoms with Crippen LogP contribution in [-0.2, 0) is 0 Å². The number of nitrogens with zero attached hydrogens (tertiary/aromatic N) is 1. The number of aromatic hydroxyl groups is 1. The Balaban J connectivity index is 2.18. The van der Waals surface area contributed by atoms with Crippen LogP contribution in [0.1, 0.15) is 0 Å². The first kappa shape index (κ1) is 9.48. The largest absolute Gasteiger partial charge is 0.508 e. The molecule has 0 aliphatic rings. The Morgan fingerprint density at radius 2 is 2.29 bits per heavy atom. The summed E-state index contributed by atoms with van der Waals surface area (Å²) in [6.45, 7) is 0. The third-order valence-corrected chi connectivity index (χ3v) is 2.83. The predicted molar refractivity (Wildman–Crippen MR) is 58.0 cm³/mol. The molecule has 0 aliphatic carbocycles. The summed E-state index contributed by atoms with van der Waals surface area (Å²) in [6, 6.07) is 6.60. The number of aromatic nitrogens is 1. The van der Waals surface area contributed by atoms with Crippen LogP contribution in [0.2, 0.25) is 0 Å². The fourth-order valence-corrected chi connectivity index (χ4v) is 1.97. The number of phenolic OH excluding ortho intramolecular Hbond substituents is 1. The van der Waals surface area contributed by atoms with E-state index >= 15 is 0 Å². The van der Waals surface area contributed by atoms with Gasteiger partial charge in [0.2, 0.25) is 0 Å². The van der Waals surface area contributed by atoms with E-state index in [-0.39, 0.29) is 5.75 Å². The highest BCUT2D eigenvalue weighted by Crippen LogP contribution is 2.30. The Labute approximate surface area is 93.1 Å². The van der Waals surface area contributed by atoms with Gasteiger partial charge in [-0.2, -0.15) is 0 Å². The lowest BCUT2D eigenvalue weighted by Crippen LogP contribution is -1.81. The number of benzene rings is 1. The molecule has 2 rings (SSSR count). The van der Waals surface area contributed by atoms with Crippen molar-refractivity contribution in [1.29, 1.82) is 0 Å². The number of hydrogen-bond acceptors (Lipinski definition) is 4. The maximum absolute atomic E-state index is 9.19. The molecule has 0 fully saturated rings. The van der Waals surface area contributed by atoms with Crippen LogP contribution in [0.25, 0.3) is 0 Å². The molecular formula is C9H6BrNO2S. The lowest BCUT2D eigenvalue weighted by atomic mass is 10.3. The topological polar surface area (TPSA) is 42.4 Å². The summed E-state index contributed by atoms with van der Waals surface area (Å²) in [5, 5.41) is 9.73. The smallest absolute Gasteiger partial charge is 0.279 e. The van der Waals surface area contributed by atoms with Crippen LogP contribution >= 0.6 is 27.3 Å². The molecule has 1 aromatic heterocycles. The van der Waals surface area contributed by atoms with Crippen molar-refractivity contribution in [1.82, 2.24) is 4.98 Å². The second-order valence-corrected chi connectivity index (χ2v) is 4.90. The van der Waals surface area contributed by atoms with E-state index in [1.165, 1.54) is 17.4 Å². The van der Waals surface area contributed by atoms with Gasteiger partial charge in [-0.3, -0.25) is 0 Å². The molecule has 1 N–H and O–H groups in total. The summed E-state index contributed by atoms with van der Waals surface area (Å²) in [7, 11) is 0. The van der Waals surface area contributed by atoms with Crippen LogP contribution in [0.15, 0.2) is 34.2 Å². The van der Waals surface area contributed by atoms with Crippen molar-refractivity contribution in [3.05, 3.63) is 34.2 Å². The molecule has 0 spiro atoms. The van der Waals surface area contributed by atoms with Gasteiger partial charge in [0.25, 0.3) is 5.19 Å². The summed E-state index contributed by atoms with van der Waals surface area (Å²) in [5.41, 5.74) is 0. The molecule has 14 heavy (non-hydrogen) atoms. The molecule has 0 aliphatic heterocycles. The van der Waals surface area contributed by atoms with E-state index in [2.05, 4.69) is 20.9 Å². The van der Waals surface area contributed by atoms with Gasteiger partial charge in [0.1, 0.15) is 11.5 Å². The van der Waals surface area contributed by atoms with Gasteiger partial charge in [-0.25, -0.2) is 4.98 Å². The molecular weight excluding hydrogens is 266 g/mol. The van der Waals surface area contributed by atoms with E-state index in [1.807, 2.05) is 0 Å². The van der Waals surface area contributed by atoms with Crippen LogP contribution in [0.5, 0.6) is 16.7 Å². The lowest BCUT2D eigenvalue weighted by molar-refractivity contribution is 0.454. The summed E-state index contributed by atoms with van der Waals surface area (Å²) in [5.74, 6) is 0.755. The van der Waals surface area contributed by atoms with Gasteiger partial charge < -0.3 is 9.84 Å². The quantitative estimate of drug-likeness (QED) is 0.911. The fourth-order valence-electron chi connectivity index (χ4n) is 0.935. The van der Waals surface area contributed by atoms with E-state index in [9.17, 15) is 5.11 Å². The summed E-state index contributed by atoms with van der Waals surface area (Å²) in [4.78, 5) is 4.01. The first-order valence-corrected chi connectivity index (χ1v) is 5.43. The van der Waals surface area contributed by atoms with Crippen molar-refractivity contribution in [2.24, 2.45) is 0 Å². The van der Waals surface area contributed by atoms with Gasteiger partial charge in [-0.15, -0.1) is 0 Å². The Morgan fingerprint density at radius 3 is 2.93 bits per heavy atom. The Bertz CT molecular complexity index is 444. The second kappa shape index (κ2) is 3.98. The molecule has 0 bridgehead atoms. The van der Waals surface area contributed by atoms with Crippen molar-refractivity contribution < 1.29 is 9.84 Å². The van der Waals surface area contributed by atoms with Crippen LogP contribution in [-0.4, -0.2) is 10.1 Å². The van der Waals surface area contributed by atoms with Crippen LogP contribution < -0.4 is 4.74 Å². The minimum Gasteiger partial charge on any atom is -0.508 e. The summed E-state index contributed by atoms with van der Waals surface area (Å²) in [6.07, 6.45) is 1.67. The van der Waals surface area contributed by atoms with E-state index in [4.69, 9.17) is 4.74 Å². The number of phenols is 1. The molecule has 3 nitrogen and oxygen atoms in total. The number of hydrogen-bond donors (Lipinski definition) is 1. The van der Waals surface area contributed by atoms with E-state index in [1.54, 1.807) is 24.4 Å². The van der Waals surface area contributed by atoms with Crippen molar-refractivity contribution in [2.75, 3.05) is 0 Å². The molecule has 5 heteroatoms. The van der Waals surface area contributed by atoms with Crippen molar-refractivity contribution in [3.63, 3.8) is 0 Å². The molecule has 2 aromatic rings. The van der Waals surface area contributed by atoms with Gasteiger partial charge in [0, 0.05) is 6.07 Å². The van der Waals surface area contributed by atoms with Gasteiger partial charge in [-0.1, -0.05) is 17.4 Å². The molecule has 0 amide bonds. The van der Waals surface area contributed by atoms with Crippen LogP contribution in [0.3, 0.4) is 0 Å². The van der Waals surface area contributed by atoms with E-state index in [0.29, 0.717) is 10.9 Å². The maximum Gasteiger partial charge on any atom is 0.279 e. The number of halogens is 1. The standard InChI is InChI=1S/C9H6BrNO2S/c10-8-5-11-9(14-8)13-7-3-1-2-6(12)4-7/h1-5,12H. The van der Waals surface area contributed by atoms with E-state index in [0.717, 1.165) is 3.79 Å². The highest BCUT2D eigenvalue weighted by atomic mass is 79.9. The molecule has 0 saturated heterocycles. The van der Waals surface area contributed by atoms with Gasteiger partial charge >= 0.3 is 0 Å². The molecule has 72 valence electrons. The van der Waals surface area contributed by atoms with Crippen LogP contribution in [0.4, 0.5) is 0 Å². The normalized spacial score (nSPS) is 10.1. The molecule has 0 radical (unpaired) electrons. The summed E-state index contributed by atoms with van der Waals surface area (Å²) >= 11 is 4.68. The zero-order chi connectivity index (χ0) is 9.97. The lowest BCUT2D eigenvalue weighted by Gasteiger charge is -2.00. The zero-order valence-corrected chi connectivity index (χ0v) is 9.38. The minimum atomic E-state index is 0.179. The highest BCUT2D eigenvalue weighted by Gasteiger charge is 2.02. The highest BCUT2D eigenvalue weighted by molar-refractivity contribution is 9.11. The molecule has 0 atom stereocenters. The van der Waals surface area contributed by atoms with Gasteiger partial charge in [0.15, 0.2) is 0 Å². The molecule has 0 saturated carbocycles. The number of rotatable bonds is 2. The van der Waals surface area contributed by atoms with Crippen molar-refractivity contribution in [2.45, 2.75) is 0 Å². The first-order chi connectivity index (χ1) is 6.74. The van der Waals surface area contributed by atoms with Crippen molar-refractivity contribution >= 4 is 27.3 Å². The second-order valence-electron chi connectivity index (χ2n) is 2.53. The SMILES string of the molecule is Oc1cccc(Oc2ncc(Br)s2)c1. The molecule has 1 heterocycles. The average molecular weight is 272 g/mol. The number of ether oxygens (including phenoxy) is 1. The third kappa shape index (κ3) is 2.24. The first-order valence-electron chi connectivity index (χ1n) is 3.82. The Kier molecular flexibility index (Phi) is 2.69. The Hall–Kier alpha value is -1.07. The zero-order valence-electron chi connectivity index (χ0n) is 6.98. The molecule has 0 unspecified atom stereocenters. The van der Waals surface area contributed by atoms with Gasteiger partial charge in [-0.05, 0) is 28.1 Å². The number of thiazole rings is 1. The molecule has 1 aromatic carbocycles. The van der Waals surface area contributed by atoms with Crippen LogP contribution in [0, 0.1) is 0 Å². The average Bonchev–Trinajstić information content (AvgIpc) is 2.51.